The Bertz CT molecular complexity index is 505. The minimum absolute atomic E-state index is 0. The van der Waals surface area contributed by atoms with Gasteiger partial charge in [0, 0.05) is 28.1 Å². The van der Waals surface area contributed by atoms with E-state index in [1.54, 1.807) is 6.92 Å². The van der Waals surface area contributed by atoms with Crippen LogP contribution in [0.25, 0.3) is 0 Å². The third kappa shape index (κ3) is 4.38. The highest BCUT2D eigenvalue weighted by molar-refractivity contribution is 9.10. The second-order valence-corrected chi connectivity index (χ2v) is 8.76. The molecule has 21 heavy (non-hydrogen) atoms. The summed E-state index contributed by atoms with van der Waals surface area (Å²) in [6, 6.07) is 7.66. The standard InChI is InChI=1S/C15H21BrN2OS.ClH/c1-14(2)10-18(8-9-20-14)13(19)15(3,17)11-4-6-12(16)7-5-11;/h4-7H,8-10,17H2,1-3H3;1H. The molecule has 0 aliphatic carbocycles. The van der Waals surface area contributed by atoms with Gasteiger partial charge < -0.3 is 10.6 Å². The lowest BCUT2D eigenvalue weighted by atomic mass is 9.91. The SMILES string of the molecule is CC1(C)CN(C(=O)C(C)(N)c2ccc(Br)cc2)CCS1.Cl. The Labute approximate surface area is 145 Å². The molecule has 1 aliphatic rings. The third-order valence-electron chi connectivity index (χ3n) is 3.60. The largest absolute Gasteiger partial charge is 0.339 e. The molecule has 1 aromatic carbocycles. The molecule has 3 nitrogen and oxygen atoms in total. The molecule has 0 spiro atoms. The van der Waals surface area contributed by atoms with Gasteiger partial charge in [0.1, 0.15) is 5.54 Å². The van der Waals surface area contributed by atoms with Crippen molar-refractivity contribution in [2.75, 3.05) is 18.8 Å². The van der Waals surface area contributed by atoms with Crippen LogP contribution in [0.5, 0.6) is 0 Å². The average molecular weight is 394 g/mol. The van der Waals surface area contributed by atoms with Crippen LogP contribution in [0.2, 0.25) is 0 Å². The molecule has 118 valence electrons. The maximum atomic E-state index is 12.8. The second-order valence-electron chi connectivity index (χ2n) is 6.04. The summed E-state index contributed by atoms with van der Waals surface area (Å²) in [6.07, 6.45) is 0. The van der Waals surface area contributed by atoms with Crippen molar-refractivity contribution in [3.63, 3.8) is 0 Å². The summed E-state index contributed by atoms with van der Waals surface area (Å²) in [6.45, 7) is 7.67. The second kappa shape index (κ2) is 6.90. The van der Waals surface area contributed by atoms with E-state index >= 15 is 0 Å². The zero-order valence-corrected chi connectivity index (χ0v) is 15.8. The molecule has 0 saturated carbocycles. The van der Waals surface area contributed by atoms with Gasteiger partial charge in [-0.1, -0.05) is 28.1 Å². The number of halogens is 2. The number of benzene rings is 1. The topological polar surface area (TPSA) is 46.3 Å². The molecule has 1 unspecified atom stereocenters. The fraction of sp³-hybridized carbons (Fsp3) is 0.533. The van der Waals surface area contributed by atoms with Crippen molar-refractivity contribution in [2.45, 2.75) is 31.1 Å². The first-order valence-electron chi connectivity index (χ1n) is 6.71. The number of nitrogens with two attached hydrogens (primary N) is 1. The zero-order chi connectivity index (χ0) is 15.0. The van der Waals surface area contributed by atoms with Gasteiger partial charge in [-0.05, 0) is 38.5 Å². The molecule has 0 radical (unpaired) electrons. The average Bonchev–Trinajstić information content (AvgIpc) is 2.37. The highest BCUT2D eigenvalue weighted by atomic mass is 79.9. The van der Waals surface area contributed by atoms with E-state index in [-0.39, 0.29) is 23.1 Å². The van der Waals surface area contributed by atoms with Crippen LogP contribution in [0.1, 0.15) is 26.3 Å². The van der Waals surface area contributed by atoms with Crippen LogP contribution < -0.4 is 5.73 Å². The maximum absolute atomic E-state index is 12.8. The van der Waals surface area contributed by atoms with E-state index in [1.165, 1.54) is 0 Å². The summed E-state index contributed by atoms with van der Waals surface area (Å²) in [5.74, 6) is 0.975. The molecule has 2 N–H and O–H groups in total. The van der Waals surface area contributed by atoms with Crippen molar-refractivity contribution in [1.82, 2.24) is 4.90 Å². The number of carbonyl (C=O) groups excluding carboxylic acids is 1. The Kier molecular flexibility index (Phi) is 6.18. The fourth-order valence-electron chi connectivity index (χ4n) is 2.44. The number of rotatable bonds is 2. The van der Waals surface area contributed by atoms with Gasteiger partial charge >= 0.3 is 0 Å². The van der Waals surface area contributed by atoms with Crippen molar-refractivity contribution in [3.05, 3.63) is 34.3 Å². The van der Waals surface area contributed by atoms with E-state index in [4.69, 9.17) is 5.73 Å². The van der Waals surface area contributed by atoms with Gasteiger partial charge in [-0.15, -0.1) is 12.4 Å². The van der Waals surface area contributed by atoms with E-state index in [0.717, 1.165) is 28.9 Å². The van der Waals surface area contributed by atoms with Gasteiger partial charge in [-0.3, -0.25) is 4.79 Å². The molecule has 1 heterocycles. The normalized spacial score (nSPS) is 20.3. The van der Waals surface area contributed by atoms with Crippen LogP contribution in [0, 0.1) is 0 Å². The predicted octanol–water partition coefficient (Wildman–Crippen LogP) is 3.40. The van der Waals surface area contributed by atoms with Crippen molar-refractivity contribution >= 4 is 46.0 Å². The van der Waals surface area contributed by atoms with Crippen LogP contribution in [-0.2, 0) is 10.3 Å². The minimum atomic E-state index is -0.973. The van der Waals surface area contributed by atoms with Gasteiger partial charge in [0.15, 0.2) is 0 Å². The summed E-state index contributed by atoms with van der Waals surface area (Å²) in [5.41, 5.74) is 6.21. The van der Waals surface area contributed by atoms with E-state index < -0.39 is 5.54 Å². The molecule has 2 rings (SSSR count). The van der Waals surface area contributed by atoms with Crippen LogP contribution >= 0.6 is 40.1 Å². The zero-order valence-electron chi connectivity index (χ0n) is 12.6. The van der Waals surface area contributed by atoms with E-state index in [2.05, 4.69) is 29.8 Å². The van der Waals surface area contributed by atoms with Crippen LogP contribution in [0.4, 0.5) is 0 Å². The van der Waals surface area contributed by atoms with Crippen LogP contribution in [0.3, 0.4) is 0 Å². The Morgan fingerprint density at radius 1 is 1.38 bits per heavy atom. The highest BCUT2D eigenvalue weighted by Gasteiger charge is 2.38. The lowest BCUT2D eigenvalue weighted by molar-refractivity contribution is -0.137. The first-order chi connectivity index (χ1) is 9.22. The Morgan fingerprint density at radius 3 is 2.48 bits per heavy atom. The van der Waals surface area contributed by atoms with Crippen molar-refractivity contribution in [2.24, 2.45) is 5.73 Å². The molecule has 1 aliphatic heterocycles. The lowest BCUT2D eigenvalue weighted by Gasteiger charge is -2.41. The summed E-state index contributed by atoms with van der Waals surface area (Å²) < 4.78 is 1.09. The van der Waals surface area contributed by atoms with Gasteiger partial charge in [0.2, 0.25) is 5.91 Å². The molecule has 0 aromatic heterocycles. The smallest absolute Gasteiger partial charge is 0.247 e. The van der Waals surface area contributed by atoms with Gasteiger partial charge in [-0.25, -0.2) is 0 Å². The van der Waals surface area contributed by atoms with Crippen LogP contribution in [-0.4, -0.2) is 34.4 Å². The van der Waals surface area contributed by atoms with Crippen molar-refractivity contribution in [3.8, 4) is 0 Å². The molecule has 1 aromatic rings. The Hall–Kier alpha value is -0.230. The number of amides is 1. The van der Waals surface area contributed by atoms with E-state index in [9.17, 15) is 4.79 Å². The molecule has 1 atom stereocenters. The first kappa shape index (κ1) is 18.8. The number of carbonyl (C=O) groups is 1. The summed E-state index contributed by atoms with van der Waals surface area (Å²) in [7, 11) is 0. The molecular weight excluding hydrogens is 372 g/mol. The molecule has 1 fully saturated rings. The highest BCUT2D eigenvalue weighted by Crippen LogP contribution is 2.32. The number of nitrogens with zero attached hydrogens (tertiary/aromatic N) is 1. The van der Waals surface area contributed by atoms with Gasteiger partial charge in [-0.2, -0.15) is 11.8 Å². The van der Waals surface area contributed by atoms with E-state index in [1.807, 2.05) is 40.9 Å². The van der Waals surface area contributed by atoms with Crippen molar-refractivity contribution in [1.29, 1.82) is 0 Å². The molecule has 0 bridgehead atoms. The summed E-state index contributed by atoms with van der Waals surface area (Å²) in [5, 5.41) is 0. The monoisotopic (exact) mass is 392 g/mol. The van der Waals surface area contributed by atoms with Gasteiger partial charge in [0.05, 0.1) is 0 Å². The van der Waals surface area contributed by atoms with Crippen molar-refractivity contribution < 1.29 is 4.79 Å². The molecule has 6 heteroatoms. The summed E-state index contributed by atoms with van der Waals surface area (Å²) >= 11 is 5.31. The fourth-order valence-corrected chi connectivity index (χ4v) is 3.81. The number of thioether (sulfide) groups is 1. The number of hydrogen-bond acceptors (Lipinski definition) is 3. The Morgan fingerprint density at radius 2 is 1.95 bits per heavy atom. The Balaban J connectivity index is 0.00000220. The van der Waals surface area contributed by atoms with E-state index in [0.29, 0.717) is 0 Å². The third-order valence-corrected chi connectivity index (χ3v) is 5.43. The quantitative estimate of drug-likeness (QED) is 0.837. The predicted molar refractivity (Wildman–Crippen MR) is 96.0 cm³/mol. The van der Waals surface area contributed by atoms with Crippen LogP contribution in [0.15, 0.2) is 28.7 Å². The molecular formula is C15H22BrClN2OS. The minimum Gasteiger partial charge on any atom is -0.339 e. The van der Waals surface area contributed by atoms with Gasteiger partial charge in [0.25, 0.3) is 0 Å². The first-order valence-corrected chi connectivity index (χ1v) is 8.48. The molecule has 1 amide bonds. The molecule has 1 saturated heterocycles. The lowest BCUT2D eigenvalue weighted by Crippen LogP contribution is -2.56. The number of hydrogen-bond donors (Lipinski definition) is 1. The summed E-state index contributed by atoms with van der Waals surface area (Å²) in [4.78, 5) is 14.7. The maximum Gasteiger partial charge on any atom is 0.247 e.